The van der Waals surface area contributed by atoms with Crippen molar-refractivity contribution in [2.45, 2.75) is 13.2 Å². The van der Waals surface area contributed by atoms with Crippen molar-refractivity contribution < 1.29 is 14.3 Å². The molecule has 4 rings (SSSR count). The molecular formula is C28H25ClN2O4. The fourth-order valence-electron chi connectivity index (χ4n) is 3.47. The Bertz CT molecular complexity index is 1340. The van der Waals surface area contributed by atoms with Crippen LogP contribution in [-0.4, -0.2) is 23.7 Å². The Balaban J connectivity index is 1.33. The van der Waals surface area contributed by atoms with Crippen LogP contribution in [0.25, 0.3) is 0 Å². The van der Waals surface area contributed by atoms with Crippen LogP contribution in [0.4, 0.5) is 5.69 Å². The highest BCUT2D eigenvalue weighted by molar-refractivity contribution is 6.31. The minimum Gasteiger partial charge on any atom is -0.491 e. The van der Waals surface area contributed by atoms with Gasteiger partial charge in [-0.1, -0.05) is 60.1 Å². The third-order valence-electron chi connectivity index (χ3n) is 5.24. The number of para-hydroxylation sites is 1. The van der Waals surface area contributed by atoms with E-state index < -0.39 is 0 Å². The highest BCUT2D eigenvalue weighted by atomic mass is 35.5. The molecule has 0 saturated carbocycles. The Hall–Kier alpha value is -3.87. The number of rotatable bonds is 10. The molecule has 1 N–H and O–H groups in total. The van der Waals surface area contributed by atoms with Gasteiger partial charge in [0, 0.05) is 23.0 Å². The second-order valence-corrected chi connectivity index (χ2v) is 8.25. The summed E-state index contributed by atoms with van der Waals surface area (Å²) in [5, 5.41) is 3.45. The molecule has 0 fully saturated rings. The SMILES string of the molecule is O=C(Nc1cccc(COCCOc2ccccc2)c1)c1ccc(=O)n(Cc2ccccc2Cl)c1. The molecule has 0 spiro atoms. The lowest BCUT2D eigenvalue weighted by Crippen LogP contribution is -2.22. The van der Waals surface area contributed by atoms with Gasteiger partial charge >= 0.3 is 0 Å². The molecule has 0 bridgehead atoms. The van der Waals surface area contributed by atoms with Gasteiger partial charge in [0.25, 0.3) is 11.5 Å². The molecule has 178 valence electrons. The molecule has 0 unspecified atom stereocenters. The molecule has 35 heavy (non-hydrogen) atoms. The first-order chi connectivity index (χ1) is 17.1. The normalized spacial score (nSPS) is 10.7. The second kappa shape index (κ2) is 12.0. The first-order valence-electron chi connectivity index (χ1n) is 11.2. The highest BCUT2D eigenvalue weighted by Crippen LogP contribution is 2.17. The second-order valence-electron chi connectivity index (χ2n) is 7.84. The maximum atomic E-state index is 12.8. The molecule has 1 heterocycles. The van der Waals surface area contributed by atoms with Gasteiger partial charge in [0.2, 0.25) is 0 Å². The first kappa shape index (κ1) is 24.3. The predicted octanol–water partition coefficient (Wildman–Crippen LogP) is 5.40. The van der Waals surface area contributed by atoms with Crippen LogP contribution in [0.15, 0.2) is 102 Å². The summed E-state index contributed by atoms with van der Waals surface area (Å²) < 4.78 is 12.8. The zero-order valence-corrected chi connectivity index (χ0v) is 19.8. The van der Waals surface area contributed by atoms with Crippen molar-refractivity contribution >= 4 is 23.2 Å². The van der Waals surface area contributed by atoms with Crippen molar-refractivity contribution in [2.75, 3.05) is 18.5 Å². The molecule has 6 nitrogen and oxygen atoms in total. The van der Waals surface area contributed by atoms with Crippen LogP contribution in [0.2, 0.25) is 5.02 Å². The van der Waals surface area contributed by atoms with Gasteiger partial charge in [0.1, 0.15) is 12.4 Å². The standard InChI is InChI=1S/C28H25ClN2O4/c29-26-12-5-4-8-22(26)18-31-19-23(13-14-27(31)32)28(33)30-24-9-6-7-21(17-24)20-34-15-16-35-25-10-2-1-3-11-25/h1-14,17,19H,15-16,18,20H2,(H,30,33). The average Bonchev–Trinajstić information content (AvgIpc) is 2.87. The number of hydrogen-bond acceptors (Lipinski definition) is 4. The Kier molecular flexibility index (Phi) is 8.33. The van der Waals surface area contributed by atoms with Crippen LogP contribution in [0.1, 0.15) is 21.5 Å². The van der Waals surface area contributed by atoms with E-state index in [0.717, 1.165) is 16.9 Å². The molecule has 1 amide bonds. The van der Waals surface area contributed by atoms with E-state index in [2.05, 4.69) is 5.32 Å². The number of hydrogen-bond donors (Lipinski definition) is 1. The largest absolute Gasteiger partial charge is 0.491 e. The molecule has 0 aliphatic rings. The van der Waals surface area contributed by atoms with Crippen molar-refractivity contribution in [3.05, 3.63) is 129 Å². The molecule has 7 heteroatoms. The number of carbonyl (C=O) groups excluding carboxylic acids is 1. The molecule has 0 atom stereocenters. The van der Waals surface area contributed by atoms with Gasteiger partial charge in [-0.05, 0) is 47.5 Å². The van der Waals surface area contributed by atoms with E-state index in [4.69, 9.17) is 21.1 Å². The highest BCUT2D eigenvalue weighted by Gasteiger charge is 2.10. The van der Waals surface area contributed by atoms with Crippen molar-refractivity contribution in [1.82, 2.24) is 4.57 Å². The molecular weight excluding hydrogens is 464 g/mol. The minimum atomic E-state index is -0.313. The number of amides is 1. The van der Waals surface area contributed by atoms with Gasteiger partial charge in [0.15, 0.2) is 0 Å². The number of halogens is 1. The molecule has 3 aromatic carbocycles. The van der Waals surface area contributed by atoms with E-state index in [1.54, 1.807) is 18.3 Å². The molecule has 0 radical (unpaired) electrons. The lowest BCUT2D eigenvalue weighted by Gasteiger charge is -2.11. The summed E-state index contributed by atoms with van der Waals surface area (Å²) in [6.45, 7) is 1.56. The smallest absolute Gasteiger partial charge is 0.257 e. The van der Waals surface area contributed by atoms with Crippen molar-refractivity contribution in [1.29, 1.82) is 0 Å². The number of carbonyl (C=O) groups is 1. The van der Waals surface area contributed by atoms with Crippen LogP contribution in [0, 0.1) is 0 Å². The number of benzene rings is 3. The van der Waals surface area contributed by atoms with E-state index >= 15 is 0 Å². The predicted molar refractivity (Wildman–Crippen MR) is 137 cm³/mol. The average molecular weight is 489 g/mol. The number of ether oxygens (including phenoxy) is 2. The number of nitrogens with zero attached hydrogens (tertiary/aromatic N) is 1. The van der Waals surface area contributed by atoms with Gasteiger partial charge in [-0.3, -0.25) is 9.59 Å². The van der Waals surface area contributed by atoms with Gasteiger partial charge in [0.05, 0.1) is 25.3 Å². The fraction of sp³-hybridized carbons (Fsp3) is 0.143. The Labute approximate surface area is 208 Å². The van der Waals surface area contributed by atoms with Gasteiger partial charge in [-0.25, -0.2) is 0 Å². The lowest BCUT2D eigenvalue weighted by molar-refractivity contribution is 0.0889. The van der Waals surface area contributed by atoms with E-state index in [9.17, 15) is 9.59 Å². The fourth-order valence-corrected chi connectivity index (χ4v) is 3.66. The van der Waals surface area contributed by atoms with Crippen LogP contribution < -0.4 is 15.6 Å². The Morgan fingerprint density at radius 1 is 0.886 bits per heavy atom. The van der Waals surface area contributed by atoms with Gasteiger partial charge in [-0.15, -0.1) is 0 Å². The zero-order chi connectivity index (χ0) is 24.5. The number of nitrogens with one attached hydrogen (secondary N) is 1. The summed E-state index contributed by atoms with van der Waals surface area (Å²) in [6, 6.07) is 27.2. The maximum Gasteiger partial charge on any atom is 0.257 e. The van der Waals surface area contributed by atoms with Gasteiger partial charge in [-0.2, -0.15) is 0 Å². The van der Waals surface area contributed by atoms with Crippen molar-refractivity contribution in [3.63, 3.8) is 0 Å². The van der Waals surface area contributed by atoms with E-state index in [-0.39, 0.29) is 18.0 Å². The number of anilines is 1. The summed E-state index contributed by atoms with van der Waals surface area (Å²) in [6.07, 6.45) is 1.54. The number of pyridine rings is 1. The lowest BCUT2D eigenvalue weighted by atomic mass is 10.2. The first-order valence-corrected chi connectivity index (χ1v) is 11.6. The topological polar surface area (TPSA) is 69.6 Å². The monoisotopic (exact) mass is 488 g/mol. The van der Waals surface area contributed by atoms with E-state index in [1.807, 2.05) is 66.7 Å². The zero-order valence-electron chi connectivity index (χ0n) is 19.0. The molecule has 0 aliphatic heterocycles. The molecule has 0 saturated heterocycles. The summed E-state index contributed by atoms with van der Waals surface area (Å²) in [5.41, 5.74) is 2.52. The van der Waals surface area contributed by atoms with E-state index in [1.165, 1.54) is 16.7 Å². The molecule has 4 aromatic rings. The molecule has 1 aromatic heterocycles. The summed E-state index contributed by atoms with van der Waals surface area (Å²) in [5.74, 6) is 0.492. The summed E-state index contributed by atoms with van der Waals surface area (Å²) in [4.78, 5) is 25.1. The Morgan fingerprint density at radius 2 is 1.69 bits per heavy atom. The van der Waals surface area contributed by atoms with E-state index in [0.29, 0.717) is 36.1 Å². The summed E-state index contributed by atoms with van der Waals surface area (Å²) in [7, 11) is 0. The maximum absolute atomic E-state index is 12.8. The van der Waals surface area contributed by atoms with Crippen molar-refractivity contribution in [3.8, 4) is 5.75 Å². The third-order valence-corrected chi connectivity index (χ3v) is 5.61. The quantitative estimate of drug-likeness (QED) is 0.303. The van der Waals surface area contributed by atoms with Crippen LogP contribution in [-0.2, 0) is 17.9 Å². The van der Waals surface area contributed by atoms with Crippen LogP contribution in [0.5, 0.6) is 5.75 Å². The summed E-state index contributed by atoms with van der Waals surface area (Å²) >= 11 is 6.22. The van der Waals surface area contributed by atoms with Crippen LogP contribution in [0.3, 0.4) is 0 Å². The third kappa shape index (κ3) is 7.06. The van der Waals surface area contributed by atoms with Crippen LogP contribution >= 0.6 is 11.6 Å². The Morgan fingerprint density at radius 3 is 2.51 bits per heavy atom. The minimum absolute atomic E-state index is 0.211. The van der Waals surface area contributed by atoms with Crippen molar-refractivity contribution in [2.24, 2.45) is 0 Å². The number of aromatic nitrogens is 1. The van der Waals surface area contributed by atoms with Gasteiger partial charge < -0.3 is 19.4 Å². The molecule has 0 aliphatic carbocycles.